The van der Waals surface area contributed by atoms with E-state index in [0.717, 1.165) is 50.2 Å². The number of para-hydroxylation sites is 1. The molecular weight excluding hydrogens is 538 g/mol. The number of benzene rings is 5. The Labute approximate surface area is 258 Å². The molecule has 2 aromatic heterocycles. The van der Waals surface area contributed by atoms with Gasteiger partial charge in [0.25, 0.3) is 0 Å². The van der Waals surface area contributed by atoms with Crippen molar-refractivity contribution in [2.45, 2.75) is 26.2 Å². The maximum absolute atomic E-state index is 11.5. The first kappa shape index (κ1) is 27.4. The summed E-state index contributed by atoms with van der Waals surface area (Å²) in [4.78, 5) is 9.90. The van der Waals surface area contributed by atoms with E-state index in [1.807, 2.05) is 85.1 Å². The number of phenolic OH excluding ortho intramolecular Hbond substituents is 1. The summed E-state index contributed by atoms with van der Waals surface area (Å²) in [5.41, 5.74) is 10.7. The molecule has 2 heterocycles. The number of fused-ring (bicyclic) bond motifs is 1. The van der Waals surface area contributed by atoms with Gasteiger partial charge >= 0.3 is 0 Å². The van der Waals surface area contributed by atoms with Crippen LogP contribution >= 0.6 is 0 Å². The van der Waals surface area contributed by atoms with Crippen molar-refractivity contribution in [2.75, 3.05) is 0 Å². The second kappa shape index (κ2) is 11.0. The standard InChI is InChI=1S/C40H33N3O/c1-40(2,3)31-25-34(29-15-12-16-30(23-29)35-19-10-11-22-41-35)38-36(26-31)43(32-17-8-5-9-18-32)39(42-38)33-21-20-28(24-37(33)44)27-13-6-4-7-14-27/h4-26,44H,1-3H3. The molecule has 5 aromatic carbocycles. The summed E-state index contributed by atoms with van der Waals surface area (Å²) in [6.45, 7) is 6.71. The lowest BCUT2D eigenvalue weighted by molar-refractivity contribution is 0.477. The maximum atomic E-state index is 11.5. The van der Waals surface area contributed by atoms with Gasteiger partial charge in [-0.3, -0.25) is 9.55 Å². The summed E-state index contributed by atoms with van der Waals surface area (Å²) < 4.78 is 2.17. The van der Waals surface area contributed by atoms with E-state index in [9.17, 15) is 5.11 Å². The second-order valence-corrected chi connectivity index (χ2v) is 12.1. The van der Waals surface area contributed by atoms with Gasteiger partial charge in [-0.05, 0) is 82.3 Å². The highest BCUT2D eigenvalue weighted by Gasteiger charge is 2.24. The van der Waals surface area contributed by atoms with Crippen molar-refractivity contribution in [2.24, 2.45) is 0 Å². The fraction of sp³-hybridized carbons (Fsp3) is 0.100. The van der Waals surface area contributed by atoms with Crippen LogP contribution in [-0.2, 0) is 5.41 Å². The minimum Gasteiger partial charge on any atom is -0.507 e. The topological polar surface area (TPSA) is 50.9 Å². The van der Waals surface area contributed by atoms with E-state index < -0.39 is 0 Å². The van der Waals surface area contributed by atoms with E-state index in [2.05, 4.69) is 84.9 Å². The monoisotopic (exact) mass is 571 g/mol. The zero-order valence-electron chi connectivity index (χ0n) is 25.1. The van der Waals surface area contributed by atoms with Crippen LogP contribution in [0.4, 0.5) is 0 Å². The summed E-state index contributed by atoms with van der Waals surface area (Å²) in [5.74, 6) is 0.880. The number of aromatic hydroxyl groups is 1. The highest BCUT2D eigenvalue weighted by Crippen LogP contribution is 2.41. The minimum absolute atomic E-state index is 0.104. The Morgan fingerprint density at radius 1 is 0.591 bits per heavy atom. The average molecular weight is 572 g/mol. The zero-order chi connectivity index (χ0) is 30.3. The van der Waals surface area contributed by atoms with Crippen LogP contribution in [-0.4, -0.2) is 19.6 Å². The smallest absolute Gasteiger partial charge is 0.149 e. The fourth-order valence-electron chi connectivity index (χ4n) is 5.76. The van der Waals surface area contributed by atoms with Crippen molar-refractivity contribution in [3.63, 3.8) is 0 Å². The van der Waals surface area contributed by atoms with Gasteiger partial charge in [-0.1, -0.05) is 99.6 Å². The number of hydrogen-bond acceptors (Lipinski definition) is 3. The van der Waals surface area contributed by atoms with Crippen LogP contribution in [0, 0.1) is 0 Å². The molecule has 4 heteroatoms. The van der Waals surface area contributed by atoms with Crippen LogP contribution in [0.15, 0.2) is 140 Å². The Morgan fingerprint density at radius 3 is 2.00 bits per heavy atom. The predicted octanol–water partition coefficient (Wildman–Crippen LogP) is 10.1. The molecule has 1 N–H and O–H groups in total. The van der Waals surface area contributed by atoms with Gasteiger partial charge in [0, 0.05) is 23.0 Å². The van der Waals surface area contributed by atoms with Crippen LogP contribution in [0.5, 0.6) is 5.75 Å². The lowest BCUT2D eigenvalue weighted by atomic mass is 9.84. The largest absolute Gasteiger partial charge is 0.507 e. The van der Waals surface area contributed by atoms with E-state index in [1.54, 1.807) is 0 Å². The Kier molecular flexibility index (Phi) is 6.83. The van der Waals surface area contributed by atoms with Crippen molar-refractivity contribution < 1.29 is 5.11 Å². The molecule has 7 aromatic rings. The molecular formula is C40H33N3O. The van der Waals surface area contributed by atoms with E-state index in [-0.39, 0.29) is 11.2 Å². The first-order valence-corrected chi connectivity index (χ1v) is 14.9. The molecule has 0 saturated carbocycles. The number of rotatable bonds is 5. The van der Waals surface area contributed by atoms with E-state index >= 15 is 0 Å². The van der Waals surface area contributed by atoms with E-state index in [1.165, 1.54) is 5.56 Å². The van der Waals surface area contributed by atoms with Crippen molar-refractivity contribution in [1.82, 2.24) is 14.5 Å². The van der Waals surface area contributed by atoms with Crippen LogP contribution in [0.1, 0.15) is 26.3 Å². The maximum Gasteiger partial charge on any atom is 0.149 e. The summed E-state index contributed by atoms with van der Waals surface area (Å²) in [6.07, 6.45) is 1.82. The lowest BCUT2D eigenvalue weighted by Crippen LogP contribution is -2.11. The molecule has 0 fully saturated rings. The fourth-order valence-corrected chi connectivity index (χ4v) is 5.76. The molecule has 0 unspecified atom stereocenters. The molecule has 0 saturated heterocycles. The Bertz CT molecular complexity index is 2090. The van der Waals surface area contributed by atoms with Crippen molar-refractivity contribution in [1.29, 1.82) is 0 Å². The molecule has 7 rings (SSSR count). The minimum atomic E-state index is -0.104. The van der Waals surface area contributed by atoms with Crippen LogP contribution in [0.25, 0.3) is 61.6 Å². The summed E-state index contributed by atoms with van der Waals surface area (Å²) in [5, 5.41) is 11.5. The van der Waals surface area contributed by atoms with Gasteiger partial charge in [0.05, 0.1) is 22.3 Å². The molecule has 0 spiro atoms. The normalized spacial score (nSPS) is 11.6. The molecule has 0 radical (unpaired) electrons. The third kappa shape index (κ3) is 5.05. The Morgan fingerprint density at radius 2 is 1.30 bits per heavy atom. The summed E-state index contributed by atoms with van der Waals surface area (Å²) in [7, 11) is 0. The first-order valence-electron chi connectivity index (χ1n) is 14.9. The molecule has 4 nitrogen and oxygen atoms in total. The van der Waals surface area contributed by atoms with E-state index in [0.29, 0.717) is 11.4 Å². The third-order valence-electron chi connectivity index (χ3n) is 8.12. The van der Waals surface area contributed by atoms with Crippen LogP contribution in [0.2, 0.25) is 0 Å². The number of imidazole rings is 1. The quantitative estimate of drug-likeness (QED) is 0.224. The van der Waals surface area contributed by atoms with Gasteiger partial charge < -0.3 is 5.11 Å². The molecule has 44 heavy (non-hydrogen) atoms. The molecule has 0 amide bonds. The average Bonchev–Trinajstić information content (AvgIpc) is 3.44. The summed E-state index contributed by atoms with van der Waals surface area (Å²) >= 11 is 0. The Hall–Kier alpha value is -5.48. The van der Waals surface area contributed by atoms with Gasteiger partial charge in [-0.25, -0.2) is 4.98 Å². The van der Waals surface area contributed by atoms with Gasteiger partial charge in [-0.15, -0.1) is 0 Å². The molecule has 0 bridgehead atoms. The van der Waals surface area contributed by atoms with Crippen molar-refractivity contribution in [3.8, 4) is 56.3 Å². The Balaban J connectivity index is 1.51. The zero-order valence-corrected chi connectivity index (χ0v) is 25.1. The molecule has 0 atom stereocenters. The van der Waals surface area contributed by atoms with Gasteiger partial charge in [0.1, 0.15) is 11.6 Å². The van der Waals surface area contributed by atoms with Gasteiger partial charge in [-0.2, -0.15) is 0 Å². The highest BCUT2D eigenvalue weighted by molar-refractivity contribution is 5.97. The van der Waals surface area contributed by atoms with Gasteiger partial charge in [0.15, 0.2) is 0 Å². The number of nitrogens with zero attached hydrogens (tertiary/aromatic N) is 3. The number of aromatic nitrogens is 3. The molecule has 0 aliphatic rings. The van der Waals surface area contributed by atoms with Crippen molar-refractivity contribution in [3.05, 3.63) is 145 Å². The van der Waals surface area contributed by atoms with E-state index in [4.69, 9.17) is 4.98 Å². The third-order valence-corrected chi connectivity index (χ3v) is 8.12. The summed E-state index contributed by atoms with van der Waals surface area (Å²) in [6, 6.07) is 45.2. The predicted molar refractivity (Wildman–Crippen MR) is 181 cm³/mol. The number of pyridine rings is 1. The van der Waals surface area contributed by atoms with Gasteiger partial charge in [0.2, 0.25) is 0 Å². The van der Waals surface area contributed by atoms with Crippen molar-refractivity contribution >= 4 is 11.0 Å². The highest BCUT2D eigenvalue weighted by atomic mass is 16.3. The molecule has 214 valence electrons. The number of phenols is 1. The molecule has 0 aliphatic heterocycles. The number of hydrogen-bond donors (Lipinski definition) is 1. The first-order chi connectivity index (χ1) is 21.4. The van der Waals surface area contributed by atoms with Crippen LogP contribution in [0.3, 0.4) is 0 Å². The SMILES string of the molecule is CC(C)(C)c1cc(-c2cccc(-c3ccccn3)c2)c2nc(-c3ccc(-c4ccccc4)cc3O)n(-c3ccccc3)c2c1. The molecule has 0 aliphatic carbocycles. The lowest BCUT2D eigenvalue weighted by Gasteiger charge is -2.21. The van der Waals surface area contributed by atoms with Crippen LogP contribution < -0.4 is 0 Å². The second-order valence-electron chi connectivity index (χ2n) is 12.1.